The number of nitriles is 1. The fourth-order valence-electron chi connectivity index (χ4n) is 2.74. The van der Waals surface area contributed by atoms with Crippen LogP contribution in [0.3, 0.4) is 0 Å². The van der Waals surface area contributed by atoms with Crippen molar-refractivity contribution >= 4 is 17.3 Å². The highest BCUT2D eigenvalue weighted by Crippen LogP contribution is 2.28. The summed E-state index contributed by atoms with van der Waals surface area (Å²) in [6.07, 6.45) is 2.72. The van der Waals surface area contributed by atoms with Gasteiger partial charge in [0.15, 0.2) is 0 Å². The summed E-state index contributed by atoms with van der Waals surface area (Å²) in [6.45, 7) is 1.52. The molecule has 1 amide bonds. The monoisotopic (exact) mass is 310 g/mol. The highest BCUT2D eigenvalue weighted by atomic mass is 16.3. The third-order valence-electron chi connectivity index (χ3n) is 4.01. The maximum Gasteiger partial charge on any atom is 0.272 e. The summed E-state index contributed by atoms with van der Waals surface area (Å²) in [5.41, 5.74) is 2.45. The number of aliphatic hydroxyl groups excluding tert-OH is 1. The average Bonchev–Trinajstić information content (AvgIpc) is 3.05. The van der Waals surface area contributed by atoms with Gasteiger partial charge in [-0.15, -0.1) is 0 Å². The minimum absolute atomic E-state index is 0.240. The molecule has 1 aliphatic rings. The van der Waals surface area contributed by atoms with E-state index >= 15 is 0 Å². The van der Waals surface area contributed by atoms with Crippen LogP contribution in [0.1, 0.15) is 28.9 Å². The van der Waals surface area contributed by atoms with Crippen LogP contribution in [0.5, 0.6) is 0 Å². The van der Waals surface area contributed by atoms with Gasteiger partial charge in [0.25, 0.3) is 5.91 Å². The topological polar surface area (TPSA) is 92.1 Å². The van der Waals surface area contributed by atoms with Gasteiger partial charge in [-0.3, -0.25) is 4.79 Å². The molecular formula is C17H18N4O2. The van der Waals surface area contributed by atoms with Gasteiger partial charge in [-0.25, -0.2) is 0 Å². The Kier molecular flexibility index (Phi) is 4.31. The van der Waals surface area contributed by atoms with Gasteiger partial charge in [-0.05, 0) is 31.0 Å². The van der Waals surface area contributed by atoms with Crippen LogP contribution in [-0.2, 0) is 0 Å². The summed E-state index contributed by atoms with van der Waals surface area (Å²) in [6, 6.07) is 11.1. The SMILES string of the molecule is N#Cc1c[nH]c(C(=O)Nc2ccccc2N2CCC(O)CC2)c1. The number of aromatic amines is 1. The van der Waals surface area contributed by atoms with Crippen LogP contribution in [-0.4, -0.2) is 35.2 Å². The molecule has 1 saturated heterocycles. The van der Waals surface area contributed by atoms with Gasteiger partial charge in [-0.1, -0.05) is 12.1 Å². The number of aliphatic hydroxyl groups is 1. The molecule has 0 bridgehead atoms. The van der Waals surface area contributed by atoms with Crippen LogP contribution in [0.4, 0.5) is 11.4 Å². The van der Waals surface area contributed by atoms with Gasteiger partial charge in [-0.2, -0.15) is 5.26 Å². The first-order chi connectivity index (χ1) is 11.2. The summed E-state index contributed by atoms with van der Waals surface area (Å²) >= 11 is 0. The van der Waals surface area contributed by atoms with Gasteiger partial charge in [0.1, 0.15) is 11.8 Å². The number of carbonyl (C=O) groups is 1. The molecule has 1 aliphatic heterocycles. The molecule has 0 radical (unpaired) electrons. The number of benzene rings is 1. The second-order valence-electron chi connectivity index (χ2n) is 5.60. The third-order valence-corrected chi connectivity index (χ3v) is 4.01. The van der Waals surface area contributed by atoms with Crippen molar-refractivity contribution in [3.63, 3.8) is 0 Å². The smallest absolute Gasteiger partial charge is 0.272 e. The molecule has 0 saturated carbocycles. The number of hydrogen-bond donors (Lipinski definition) is 3. The predicted molar refractivity (Wildman–Crippen MR) is 87.4 cm³/mol. The summed E-state index contributed by atoms with van der Waals surface area (Å²) in [5.74, 6) is -0.281. The van der Waals surface area contributed by atoms with Gasteiger partial charge in [0.2, 0.25) is 0 Å². The van der Waals surface area contributed by atoms with E-state index in [9.17, 15) is 9.90 Å². The van der Waals surface area contributed by atoms with Crippen LogP contribution in [0.2, 0.25) is 0 Å². The minimum Gasteiger partial charge on any atom is -0.393 e. The van der Waals surface area contributed by atoms with E-state index in [-0.39, 0.29) is 12.0 Å². The maximum atomic E-state index is 12.3. The van der Waals surface area contributed by atoms with Gasteiger partial charge >= 0.3 is 0 Å². The number of hydrogen-bond acceptors (Lipinski definition) is 4. The molecule has 0 atom stereocenters. The zero-order chi connectivity index (χ0) is 16.2. The Morgan fingerprint density at radius 1 is 1.35 bits per heavy atom. The molecule has 1 fully saturated rings. The van der Waals surface area contributed by atoms with Crippen LogP contribution >= 0.6 is 0 Å². The number of rotatable bonds is 3. The summed E-state index contributed by atoms with van der Waals surface area (Å²) in [4.78, 5) is 17.3. The maximum absolute atomic E-state index is 12.3. The first-order valence-electron chi connectivity index (χ1n) is 7.59. The molecule has 0 aliphatic carbocycles. The fraction of sp³-hybridized carbons (Fsp3) is 0.294. The summed E-state index contributed by atoms with van der Waals surface area (Å²) in [5, 5.41) is 21.4. The molecule has 6 heteroatoms. The normalized spacial score (nSPS) is 15.2. The molecule has 2 heterocycles. The molecule has 6 nitrogen and oxygen atoms in total. The number of piperidine rings is 1. The van der Waals surface area contributed by atoms with Crippen LogP contribution in [0.25, 0.3) is 0 Å². The van der Waals surface area contributed by atoms with Crippen LogP contribution in [0, 0.1) is 11.3 Å². The predicted octanol–water partition coefficient (Wildman–Crippen LogP) is 2.10. The van der Waals surface area contributed by atoms with E-state index in [2.05, 4.69) is 15.2 Å². The molecular weight excluding hydrogens is 292 g/mol. The van der Waals surface area contributed by atoms with Crippen molar-refractivity contribution in [3.8, 4) is 6.07 Å². The van der Waals surface area contributed by atoms with Crippen molar-refractivity contribution < 1.29 is 9.90 Å². The number of anilines is 2. The summed E-state index contributed by atoms with van der Waals surface area (Å²) < 4.78 is 0. The summed E-state index contributed by atoms with van der Waals surface area (Å²) in [7, 11) is 0. The van der Waals surface area contributed by atoms with Crippen molar-refractivity contribution in [1.82, 2.24) is 4.98 Å². The van der Waals surface area contributed by atoms with Crippen LogP contribution in [0.15, 0.2) is 36.5 Å². The van der Waals surface area contributed by atoms with Crippen molar-refractivity contribution in [2.45, 2.75) is 18.9 Å². The molecule has 2 aromatic rings. The number of nitrogens with one attached hydrogen (secondary N) is 2. The van der Waals surface area contributed by atoms with E-state index in [1.54, 1.807) is 0 Å². The van der Waals surface area contributed by atoms with Crippen molar-refractivity contribution in [2.24, 2.45) is 0 Å². The molecule has 1 aromatic carbocycles. The molecule has 23 heavy (non-hydrogen) atoms. The standard InChI is InChI=1S/C17H18N4O2/c18-10-12-9-15(19-11-12)17(23)20-14-3-1-2-4-16(14)21-7-5-13(22)6-8-21/h1-4,9,11,13,19,22H,5-8H2,(H,20,23). The van der Waals surface area contributed by atoms with Crippen molar-refractivity contribution in [2.75, 3.05) is 23.3 Å². The average molecular weight is 310 g/mol. The first kappa shape index (κ1) is 15.1. The lowest BCUT2D eigenvalue weighted by atomic mass is 10.1. The quantitative estimate of drug-likeness (QED) is 0.809. The largest absolute Gasteiger partial charge is 0.393 e. The van der Waals surface area contributed by atoms with E-state index in [0.29, 0.717) is 11.3 Å². The second-order valence-corrected chi connectivity index (χ2v) is 5.60. The molecule has 1 aromatic heterocycles. The van der Waals surface area contributed by atoms with E-state index in [1.807, 2.05) is 30.3 Å². The van der Waals surface area contributed by atoms with Gasteiger partial charge in [0.05, 0.1) is 23.0 Å². The third kappa shape index (κ3) is 3.35. The number of nitrogens with zero attached hydrogens (tertiary/aromatic N) is 2. The Morgan fingerprint density at radius 2 is 2.09 bits per heavy atom. The number of amides is 1. The molecule has 118 valence electrons. The van der Waals surface area contributed by atoms with Crippen LogP contribution < -0.4 is 10.2 Å². The zero-order valence-electron chi connectivity index (χ0n) is 12.6. The molecule has 0 unspecified atom stereocenters. The number of aromatic nitrogens is 1. The second kappa shape index (κ2) is 6.55. The fourth-order valence-corrected chi connectivity index (χ4v) is 2.74. The lowest BCUT2D eigenvalue weighted by Crippen LogP contribution is -2.36. The Bertz CT molecular complexity index is 739. The lowest BCUT2D eigenvalue weighted by Gasteiger charge is -2.32. The Labute approximate surface area is 134 Å². The Morgan fingerprint density at radius 3 is 2.78 bits per heavy atom. The molecule has 0 spiro atoms. The van der Waals surface area contributed by atoms with E-state index in [1.165, 1.54) is 12.3 Å². The number of carbonyl (C=O) groups excluding carboxylic acids is 1. The number of H-pyrrole nitrogens is 1. The van der Waals surface area contributed by atoms with Crippen molar-refractivity contribution in [1.29, 1.82) is 5.26 Å². The van der Waals surface area contributed by atoms with Gasteiger partial charge < -0.3 is 20.3 Å². The Hall–Kier alpha value is -2.78. The lowest BCUT2D eigenvalue weighted by molar-refractivity contribution is 0.102. The van der Waals surface area contributed by atoms with Gasteiger partial charge in [0, 0.05) is 19.3 Å². The van der Waals surface area contributed by atoms with E-state index in [4.69, 9.17) is 5.26 Å². The van der Waals surface area contributed by atoms with Crippen molar-refractivity contribution in [3.05, 3.63) is 47.8 Å². The molecule has 3 N–H and O–H groups in total. The first-order valence-corrected chi connectivity index (χ1v) is 7.59. The minimum atomic E-state index is -0.281. The molecule has 3 rings (SSSR count). The zero-order valence-corrected chi connectivity index (χ0v) is 12.6. The van der Waals surface area contributed by atoms with E-state index < -0.39 is 0 Å². The van der Waals surface area contributed by atoms with E-state index in [0.717, 1.165) is 37.3 Å². The Balaban J connectivity index is 1.78. The highest BCUT2D eigenvalue weighted by Gasteiger charge is 2.20. The number of para-hydroxylation sites is 2. The highest BCUT2D eigenvalue weighted by molar-refractivity contribution is 6.05.